The highest BCUT2D eigenvalue weighted by molar-refractivity contribution is 6.13. The number of amides is 3. The van der Waals surface area contributed by atoms with Gasteiger partial charge in [0.1, 0.15) is 0 Å². The van der Waals surface area contributed by atoms with Crippen molar-refractivity contribution in [2.45, 2.75) is 65.0 Å². The lowest BCUT2D eigenvalue weighted by Crippen LogP contribution is -2.49. The molecule has 0 spiro atoms. The maximum absolute atomic E-state index is 12.0. The van der Waals surface area contributed by atoms with Gasteiger partial charge in [-0.05, 0) is 34.1 Å². The van der Waals surface area contributed by atoms with E-state index >= 15 is 0 Å². The molecule has 0 aromatic rings. The van der Waals surface area contributed by atoms with Crippen molar-refractivity contribution < 1.29 is 19.1 Å². The van der Waals surface area contributed by atoms with E-state index in [4.69, 9.17) is 4.74 Å². The van der Waals surface area contributed by atoms with Crippen LogP contribution in [0.4, 0.5) is 0 Å². The number of carbonyl (C=O) groups is 3. The van der Waals surface area contributed by atoms with E-state index in [9.17, 15) is 14.4 Å². The minimum Gasteiger partial charge on any atom is -0.373 e. The highest BCUT2D eigenvalue weighted by atomic mass is 16.5. The van der Waals surface area contributed by atoms with Gasteiger partial charge in [0, 0.05) is 25.1 Å². The number of carbonyl (C=O) groups excluding carboxylic acids is 3. The van der Waals surface area contributed by atoms with Crippen LogP contribution < -0.4 is 5.32 Å². The predicted molar refractivity (Wildman–Crippen MR) is 87.6 cm³/mol. The molecule has 0 atom stereocenters. The zero-order chi connectivity index (χ0) is 17.7. The summed E-state index contributed by atoms with van der Waals surface area (Å²) in [6, 6.07) is 0. The molecule has 0 radical (unpaired) electrons. The summed E-state index contributed by atoms with van der Waals surface area (Å²) in [6.45, 7) is 10.4. The smallest absolute Gasteiger partial charge is 0.253 e. The van der Waals surface area contributed by atoms with Crippen LogP contribution in [0.25, 0.3) is 0 Å². The first-order valence-electron chi connectivity index (χ1n) is 8.05. The van der Waals surface area contributed by atoms with Crippen LogP contribution in [0.3, 0.4) is 0 Å². The van der Waals surface area contributed by atoms with Gasteiger partial charge in [0.05, 0.1) is 17.7 Å². The third-order valence-electron chi connectivity index (χ3n) is 3.62. The third-order valence-corrected chi connectivity index (χ3v) is 3.62. The summed E-state index contributed by atoms with van der Waals surface area (Å²) in [4.78, 5) is 36.0. The van der Waals surface area contributed by atoms with Crippen LogP contribution in [0, 0.1) is 0 Å². The highest BCUT2D eigenvalue weighted by Gasteiger charge is 2.27. The first-order valence-corrected chi connectivity index (χ1v) is 8.05. The Bertz CT molecular complexity index is 477. The van der Waals surface area contributed by atoms with Crippen molar-refractivity contribution in [3.8, 4) is 0 Å². The quantitative estimate of drug-likeness (QED) is 0.656. The first kappa shape index (κ1) is 19.4. The second kappa shape index (κ2) is 7.73. The van der Waals surface area contributed by atoms with E-state index in [1.807, 2.05) is 27.7 Å². The molecule has 0 fully saturated rings. The van der Waals surface area contributed by atoms with Gasteiger partial charge in [-0.15, -0.1) is 0 Å². The fraction of sp³-hybridized carbons (Fsp3) is 0.706. The molecule has 0 bridgehead atoms. The van der Waals surface area contributed by atoms with Crippen LogP contribution in [0.15, 0.2) is 12.2 Å². The van der Waals surface area contributed by atoms with Gasteiger partial charge in [0.25, 0.3) is 11.8 Å². The third kappa shape index (κ3) is 6.52. The van der Waals surface area contributed by atoms with E-state index in [0.717, 1.165) is 17.7 Å². The number of rotatable bonds is 9. The molecular weight excluding hydrogens is 296 g/mol. The Kier molecular flexibility index (Phi) is 6.50. The summed E-state index contributed by atoms with van der Waals surface area (Å²) < 4.78 is 5.90. The highest BCUT2D eigenvalue weighted by Crippen LogP contribution is 2.19. The van der Waals surface area contributed by atoms with E-state index < -0.39 is 5.54 Å². The number of hydrogen-bond acceptors (Lipinski definition) is 4. The topological polar surface area (TPSA) is 75.7 Å². The first-order chi connectivity index (χ1) is 10.6. The molecule has 3 amide bonds. The number of imide groups is 1. The van der Waals surface area contributed by atoms with Gasteiger partial charge in [0.15, 0.2) is 0 Å². The van der Waals surface area contributed by atoms with Crippen LogP contribution in [-0.2, 0) is 19.1 Å². The molecule has 0 aromatic carbocycles. The molecule has 1 heterocycles. The van der Waals surface area contributed by atoms with Gasteiger partial charge in [-0.3, -0.25) is 19.3 Å². The van der Waals surface area contributed by atoms with E-state index in [2.05, 4.69) is 12.2 Å². The molecular formula is C17H28N2O4. The Morgan fingerprint density at radius 3 is 2.26 bits per heavy atom. The summed E-state index contributed by atoms with van der Waals surface area (Å²) in [5.41, 5.74) is -0.740. The molecule has 0 aliphatic carbocycles. The maximum Gasteiger partial charge on any atom is 0.253 e. The molecule has 0 saturated heterocycles. The molecule has 1 N–H and O–H groups in total. The van der Waals surface area contributed by atoms with Crippen molar-refractivity contribution in [1.29, 1.82) is 0 Å². The van der Waals surface area contributed by atoms with Crippen molar-refractivity contribution in [2.24, 2.45) is 0 Å². The molecule has 1 aliphatic heterocycles. The molecule has 23 heavy (non-hydrogen) atoms. The van der Waals surface area contributed by atoms with E-state index in [1.165, 1.54) is 12.2 Å². The molecule has 1 rings (SSSR count). The minimum absolute atomic E-state index is 0.0843. The number of nitrogens with one attached hydrogen (secondary N) is 1. The lowest BCUT2D eigenvalue weighted by molar-refractivity contribution is -0.137. The predicted octanol–water partition coefficient (Wildman–Crippen LogP) is 1.79. The average Bonchev–Trinajstić information content (AvgIpc) is 2.73. The SMILES string of the molecule is CCCC(C)(C)OCC(C)(C)NC(=O)CCN1C(=O)C=CC1=O. The zero-order valence-corrected chi connectivity index (χ0v) is 14.8. The van der Waals surface area contributed by atoms with Crippen LogP contribution in [0.5, 0.6) is 0 Å². The second-order valence-electron chi connectivity index (χ2n) is 7.14. The van der Waals surface area contributed by atoms with Crippen molar-refractivity contribution in [1.82, 2.24) is 10.2 Å². The lowest BCUT2D eigenvalue weighted by Gasteiger charge is -2.32. The monoisotopic (exact) mass is 324 g/mol. The van der Waals surface area contributed by atoms with Gasteiger partial charge in [-0.1, -0.05) is 13.3 Å². The Morgan fingerprint density at radius 2 is 1.74 bits per heavy atom. The molecule has 6 heteroatoms. The summed E-state index contributed by atoms with van der Waals surface area (Å²) >= 11 is 0. The minimum atomic E-state index is -0.515. The van der Waals surface area contributed by atoms with Gasteiger partial charge in [0.2, 0.25) is 5.91 Å². The number of nitrogens with zero attached hydrogens (tertiary/aromatic N) is 1. The lowest BCUT2D eigenvalue weighted by atomic mass is 10.0. The van der Waals surface area contributed by atoms with E-state index in [0.29, 0.717) is 6.61 Å². The molecule has 0 saturated carbocycles. The Balaban J connectivity index is 2.40. The summed E-state index contributed by atoms with van der Waals surface area (Å²) in [5, 5.41) is 2.89. The van der Waals surface area contributed by atoms with Crippen molar-refractivity contribution >= 4 is 17.7 Å². The van der Waals surface area contributed by atoms with Gasteiger partial charge >= 0.3 is 0 Å². The van der Waals surface area contributed by atoms with E-state index in [1.54, 1.807) is 0 Å². The Labute approximate surface area is 138 Å². The van der Waals surface area contributed by atoms with Crippen molar-refractivity contribution in [3.05, 3.63) is 12.2 Å². The van der Waals surface area contributed by atoms with Crippen LogP contribution in [-0.4, -0.2) is 46.9 Å². The Hall–Kier alpha value is -1.69. The van der Waals surface area contributed by atoms with Crippen molar-refractivity contribution in [2.75, 3.05) is 13.2 Å². The largest absolute Gasteiger partial charge is 0.373 e. The summed E-state index contributed by atoms with van der Waals surface area (Å²) in [6.07, 6.45) is 4.50. The zero-order valence-electron chi connectivity index (χ0n) is 14.8. The molecule has 6 nitrogen and oxygen atoms in total. The molecule has 130 valence electrons. The van der Waals surface area contributed by atoms with E-state index in [-0.39, 0.29) is 36.3 Å². The van der Waals surface area contributed by atoms with Gasteiger partial charge in [-0.2, -0.15) is 0 Å². The van der Waals surface area contributed by atoms with Crippen LogP contribution >= 0.6 is 0 Å². The number of hydrogen-bond donors (Lipinski definition) is 1. The average molecular weight is 324 g/mol. The standard InChI is InChI=1S/C17H28N2O4/c1-6-10-17(4,5)23-12-16(2,3)18-13(20)9-11-19-14(21)7-8-15(19)22/h7-8H,6,9-12H2,1-5H3,(H,18,20). The summed E-state index contributed by atoms with van der Waals surface area (Å²) in [5.74, 6) is -0.946. The van der Waals surface area contributed by atoms with Crippen LogP contribution in [0.2, 0.25) is 0 Å². The van der Waals surface area contributed by atoms with Crippen LogP contribution in [0.1, 0.15) is 53.9 Å². The second-order valence-corrected chi connectivity index (χ2v) is 7.14. The number of ether oxygens (including phenoxy) is 1. The maximum atomic E-state index is 12.0. The Morgan fingerprint density at radius 1 is 1.17 bits per heavy atom. The molecule has 1 aliphatic rings. The fourth-order valence-corrected chi connectivity index (χ4v) is 2.39. The molecule has 0 aromatic heterocycles. The normalized spacial score (nSPS) is 15.4. The van der Waals surface area contributed by atoms with Gasteiger partial charge < -0.3 is 10.1 Å². The summed E-state index contributed by atoms with van der Waals surface area (Å²) in [7, 11) is 0. The molecule has 0 unspecified atom stereocenters. The van der Waals surface area contributed by atoms with Gasteiger partial charge in [-0.25, -0.2) is 0 Å². The fourth-order valence-electron chi connectivity index (χ4n) is 2.39. The van der Waals surface area contributed by atoms with Crippen molar-refractivity contribution in [3.63, 3.8) is 0 Å².